The van der Waals surface area contributed by atoms with Crippen LogP contribution < -0.4 is 4.90 Å². The maximum absolute atomic E-state index is 12.9. The van der Waals surface area contributed by atoms with Crippen molar-refractivity contribution in [1.82, 2.24) is 4.90 Å². The Balaban J connectivity index is 1.73. The summed E-state index contributed by atoms with van der Waals surface area (Å²) in [5.41, 5.74) is 1.54. The van der Waals surface area contributed by atoms with Crippen LogP contribution in [-0.2, 0) is 11.0 Å². The molecule has 1 N–H and O–H groups in total. The van der Waals surface area contributed by atoms with Crippen molar-refractivity contribution in [2.24, 2.45) is 0 Å². The summed E-state index contributed by atoms with van der Waals surface area (Å²) in [7, 11) is 0. The van der Waals surface area contributed by atoms with Crippen LogP contribution in [0.15, 0.2) is 48.5 Å². The smallest absolute Gasteiger partial charge is 0.416 e. The molecule has 1 atom stereocenters. The average molecular weight is 378 g/mol. The van der Waals surface area contributed by atoms with E-state index in [9.17, 15) is 23.1 Å². The first-order chi connectivity index (χ1) is 12.8. The fourth-order valence-corrected chi connectivity index (χ4v) is 3.47. The number of anilines is 1. The Morgan fingerprint density at radius 3 is 2.30 bits per heavy atom. The minimum atomic E-state index is -4.38. The molecule has 1 saturated heterocycles. The molecule has 0 amide bonds. The highest BCUT2D eigenvalue weighted by Crippen LogP contribution is 2.32. The van der Waals surface area contributed by atoms with Gasteiger partial charge in [-0.05, 0) is 30.7 Å². The van der Waals surface area contributed by atoms with Crippen molar-refractivity contribution < 1.29 is 23.1 Å². The maximum Gasteiger partial charge on any atom is 0.416 e. The van der Waals surface area contributed by atoms with Crippen molar-refractivity contribution in [1.29, 1.82) is 0 Å². The second-order valence-corrected chi connectivity index (χ2v) is 6.73. The number of benzene rings is 2. The second-order valence-electron chi connectivity index (χ2n) is 6.73. The van der Waals surface area contributed by atoms with E-state index in [0.29, 0.717) is 31.9 Å². The number of piperazine rings is 1. The molecule has 1 unspecified atom stereocenters. The number of alkyl halides is 3. The zero-order valence-corrected chi connectivity index (χ0v) is 14.9. The number of aliphatic carboxylic acids is 1. The molecule has 3 rings (SSSR count). The SMILES string of the molecule is Cc1cccc(C(C(=O)O)N2CCN(c3cccc(C(F)(F)F)c3)CC2)c1. The standard InChI is InChI=1S/C20H21F3N2O2/c1-14-4-2-5-15(12-14)18(19(26)27)25-10-8-24(9-11-25)17-7-3-6-16(13-17)20(21,22)23/h2-7,12-13,18H,8-11H2,1H3,(H,26,27). The zero-order chi connectivity index (χ0) is 19.6. The quantitative estimate of drug-likeness (QED) is 0.875. The highest BCUT2D eigenvalue weighted by atomic mass is 19.4. The Morgan fingerprint density at radius 1 is 1.04 bits per heavy atom. The largest absolute Gasteiger partial charge is 0.480 e. The molecule has 0 bridgehead atoms. The molecule has 0 aromatic heterocycles. The van der Waals surface area contributed by atoms with Gasteiger partial charge in [0.2, 0.25) is 0 Å². The Bertz CT molecular complexity index is 815. The van der Waals surface area contributed by atoms with Gasteiger partial charge in [0.25, 0.3) is 0 Å². The lowest BCUT2D eigenvalue weighted by Gasteiger charge is -2.39. The molecule has 0 radical (unpaired) electrons. The molecule has 1 aliphatic rings. The van der Waals surface area contributed by atoms with Crippen molar-refractivity contribution in [2.45, 2.75) is 19.1 Å². The molecule has 7 heteroatoms. The fourth-order valence-electron chi connectivity index (χ4n) is 3.47. The summed E-state index contributed by atoms with van der Waals surface area (Å²) in [5.74, 6) is -0.923. The number of rotatable bonds is 4. The van der Waals surface area contributed by atoms with E-state index in [1.54, 1.807) is 12.1 Å². The number of nitrogens with zero attached hydrogens (tertiary/aromatic N) is 2. The highest BCUT2D eigenvalue weighted by Gasteiger charge is 2.33. The van der Waals surface area contributed by atoms with Gasteiger partial charge in [0.05, 0.1) is 5.56 Å². The fraction of sp³-hybridized carbons (Fsp3) is 0.350. The summed E-state index contributed by atoms with van der Waals surface area (Å²) in [6.45, 7) is 3.77. The number of halogens is 3. The van der Waals surface area contributed by atoms with Gasteiger partial charge < -0.3 is 10.0 Å². The van der Waals surface area contributed by atoms with Gasteiger partial charge in [-0.15, -0.1) is 0 Å². The number of carbonyl (C=O) groups is 1. The third-order valence-electron chi connectivity index (χ3n) is 4.81. The first-order valence-corrected chi connectivity index (χ1v) is 8.71. The first kappa shape index (κ1) is 19.2. The summed E-state index contributed by atoms with van der Waals surface area (Å²) < 4.78 is 38.8. The average Bonchev–Trinajstić information content (AvgIpc) is 2.62. The summed E-state index contributed by atoms with van der Waals surface area (Å²) >= 11 is 0. The van der Waals surface area contributed by atoms with E-state index >= 15 is 0 Å². The van der Waals surface area contributed by atoms with Crippen molar-refractivity contribution in [2.75, 3.05) is 31.1 Å². The van der Waals surface area contributed by atoms with Crippen LogP contribution >= 0.6 is 0 Å². The summed E-state index contributed by atoms with van der Waals surface area (Å²) in [4.78, 5) is 15.6. The van der Waals surface area contributed by atoms with Gasteiger partial charge in [0.1, 0.15) is 6.04 Å². The van der Waals surface area contributed by atoms with E-state index in [2.05, 4.69) is 0 Å². The van der Waals surface area contributed by atoms with Crippen LogP contribution in [0.1, 0.15) is 22.7 Å². The first-order valence-electron chi connectivity index (χ1n) is 8.71. The lowest BCUT2D eigenvalue weighted by molar-refractivity contribution is -0.144. The van der Waals surface area contributed by atoms with Gasteiger partial charge in [-0.3, -0.25) is 9.69 Å². The van der Waals surface area contributed by atoms with Gasteiger partial charge >= 0.3 is 12.1 Å². The lowest BCUT2D eigenvalue weighted by Crippen LogP contribution is -2.49. The molecule has 1 aliphatic heterocycles. The number of carboxylic acids is 1. The van der Waals surface area contributed by atoms with E-state index in [4.69, 9.17) is 0 Å². The van der Waals surface area contributed by atoms with Crippen molar-refractivity contribution in [3.05, 3.63) is 65.2 Å². The summed E-state index contributed by atoms with van der Waals surface area (Å²) in [6, 6.07) is 11.9. The van der Waals surface area contributed by atoms with E-state index in [1.165, 1.54) is 6.07 Å². The Labute approximate surface area is 155 Å². The minimum absolute atomic E-state index is 0.459. The van der Waals surface area contributed by atoms with Crippen molar-refractivity contribution >= 4 is 11.7 Å². The van der Waals surface area contributed by atoms with E-state index in [1.807, 2.05) is 34.9 Å². The van der Waals surface area contributed by atoms with Crippen LogP contribution in [0.2, 0.25) is 0 Å². The Morgan fingerprint density at radius 2 is 1.70 bits per heavy atom. The molecule has 2 aromatic carbocycles. The highest BCUT2D eigenvalue weighted by molar-refractivity contribution is 5.75. The van der Waals surface area contributed by atoms with Gasteiger partial charge in [-0.1, -0.05) is 35.9 Å². The molecule has 27 heavy (non-hydrogen) atoms. The van der Waals surface area contributed by atoms with E-state index in [-0.39, 0.29) is 0 Å². The van der Waals surface area contributed by atoms with Gasteiger partial charge in [-0.25, -0.2) is 0 Å². The number of hydrogen-bond donors (Lipinski definition) is 1. The molecule has 1 fully saturated rings. The van der Waals surface area contributed by atoms with Crippen LogP contribution in [0.3, 0.4) is 0 Å². The molecule has 4 nitrogen and oxygen atoms in total. The van der Waals surface area contributed by atoms with Crippen LogP contribution in [0.4, 0.5) is 18.9 Å². The van der Waals surface area contributed by atoms with Gasteiger partial charge in [0, 0.05) is 31.9 Å². The van der Waals surface area contributed by atoms with Crippen LogP contribution in [0.25, 0.3) is 0 Å². The number of carboxylic acid groups (broad SMARTS) is 1. The predicted octanol–water partition coefficient (Wildman–Crippen LogP) is 3.96. The molecule has 0 spiro atoms. The molecular weight excluding hydrogens is 357 g/mol. The van der Waals surface area contributed by atoms with Crippen LogP contribution in [-0.4, -0.2) is 42.2 Å². The van der Waals surface area contributed by atoms with Crippen LogP contribution in [0, 0.1) is 6.92 Å². The van der Waals surface area contributed by atoms with E-state index in [0.717, 1.165) is 23.3 Å². The maximum atomic E-state index is 12.9. The Hall–Kier alpha value is -2.54. The van der Waals surface area contributed by atoms with Gasteiger partial charge in [-0.2, -0.15) is 13.2 Å². The van der Waals surface area contributed by atoms with Crippen LogP contribution in [0.5, 0.6) is 0 Å². The molecule has 0 saturated carbocycles. The normalized spacial score (nSPS) is 17.0. The Kier molecular flexibility index (Phi) is 5.41. The predicted molar refractivity (Wildman–Crippen MR) is 96.8 cm³/mol. The molecule has 144 valence electrons. The topological polar surface area (TPSA) is 43.8 Å². The lowest BCUT2D eigenvalue weighted by atomic mass is 10.0. The molecule has 0 aliphatic carbocycles. The molecule has 2 aromatic rings. The third-order valence-corrected chi connectivity index (χ3v) is 4.81. The monoisotopic (exact) mass is 378 g/mol. The molecular formula is C20H21F3N2O2. The summed E-state index contributed by atoms with van der Waals surface area (Å²) in [6.07, 6.45) is -4.38. The van der Waals surface area contributed by atoms with E-state index < -0.39 is 23.8 Å². The molecule has 1 heterocycles. The third kappa shape index (κ3) is 4.42. The second kappa shape index (κ2) is 7.60. The number of aryl methyl sites for hydroxylation is 1. The van der Waals surface area contributed by atoms with Crippen molar-refractivity contribution in [3.8, 4) is 0 Å². The van der Waals surface area contributed by atoms with Crippen molar-refractivity contribution in [3.63, 3.8) is 0 Å². The summed E-state index contributed by atoms with van der Waals surface area (Å²) in [5, 5.41) is 9.70. The number of hydrogen-bond acceptors (Lipinski definition) is 3. The van der Waals surface area contributed by atoms with Gasteiger partial charge in [0.15, 0.2) is 0 Å². The zero-order valence-electron chi connectivity index (χ0n) is 14.9. The minimum Gasteiger partial charge on any atom is -0.480 e.